The second-order valence-corrected chi connectivity index (χ2v) is 7.30. The molecule has 0 aliphatic heterocycles. The van der Waals surface area contributed by atoms with Crippen LogP contribution in [0.2, 0.25) is 0 Å². The van der Waals surface area contributed by atoms with Crippen LogP contribution in [0.15, 0.2) is 52.2 Å². The van der Waals surface area contributed by atoms with Gasteiger partial charge >= 0.3 is 0 Å². The van der Waals surface area contributed by atoms with Crippen LogP contribution < -0.4 is 5.43 Å². The second kappa shape index (κ2) is 8.02. The Hall–Kier alpha value is -3.61. The maximum Gasteiger partial charge on any atom is 0.271 e. The van der Waals surface area contributed by atoms with E-state index in [2.05, 4.69) is 31.6 Å². The molecular formula is C23H25N5O2. The van der Waals surface area contributed by atoms with E-state index in [4.69, 9.17) is 4.42 Å². The van der Waals surface area contributed by atoms with Crippen LogP contribution in [0.1, 0.15) is 45.8 Å². The van der Waals surface area contributed by atoms with Gasteiger partial charge in [0.15, 0.2) is 0 Å². The van der Waals surface area contributed by atoms with E-state index in [0.717, 1.165) is 46.1 Å². The van der Waals surface area contributed by atoms with Crippen molar-refractivity contribution < 1.29 is 9.21 Å². The monoisotopic (exact) mass is 403 g/mol. The van der Waals surface area contributed by atoms with E-state index in [1.807, 2.05) is 45.0 Å². The molecule has 1 amide bonds. The summed E-state index contributed by atoms with van der Waals surface area (Å²) in [6.45, 7) is 9.62. The summed E-state index contributed by atoms with van der Waals surface area (Å²) in [4.78, 5) is 17.1. The van der Waals surface area contributed by atoms with Crippen LogP contribution in [-0.4, -0.2) is 26.2 Å². The van der Waals surface area contributed by atoms with E-state index in [-0.39, 0.29) is 5.91 Å². The molecule has 0 atom stereocenters. The number of rotatable bonds is 6. The molecule has 3 aromatic heterocycles. The fraction of sp³-hybridized carbons (Fsp3) is 0.261. The van der Waals surface area contributed by atoms with Gasteiger partial charge in [0.05, 0.1) is 30.1 Å². The lowest BCUT2D eigenvalue weighted by Gasteiger charge is -2.07. The summed E-state index contributed by atoms with van der Waals surface area (Å²) in [5.74, 6) is 1.57. The summed E-state index contributed by atoms with van der Waals surface area (Å²) in [5.41, 5.74) is 8.10. The predicted molar refractivity (Wildman–Crippen MR) is 117 cm³/mol. The molecule has 0 saturated heterocycles. The number of benzene rings is 1. The number of furan rings is 1. The van der Waals surface area contributed by atoms with Gasteiger partial charge in [0.25, 0.3) is 5.91 Å². The van der Waals surface area contributed by atoms with Crippen LogP contribution in [0.3, 0.4) is 0 Å². The highest BCUT2D eigenvalue weighted by atomic mass is 16.3. The van der Waals surface area contributed by atoms with E-state index >= 15 is 0 Å². The maximum atomic E-state index is 12.5. The lowest BCUT2D eigenvalue weighted by atomic mass is 10.2. The molecule has 0 bridgehead atoms. The Morgan fingerprint density at radius 2 is 2.03 bits per heavy atom. The molecule has 0 aliphatic carbocycles. The third-order valence-electron chi connectivity index (χ3n) is 5.39. The highest BCUT2D eigenvalue weighted by Gasteiger charge is 2.12. The van der Waals surface area contributed by atoms with Crippen LogP contribution in [0, 0.1) is 20.8 Å². The molecule has 4 rings (SSSR count). The van der Waals surface area contributed by atoms with Crippen molar-refractivity contribution in [2.24, 2.45) is 5.10 Å². The van der Waals surface area contributed by atoms with Crippen molar-refractivity contribution in [3.05, 3.63) is 76.8 Å². The summed E-state index contributed by atoms with van der Waals surface area (Å²) in [5, 5.41) is 4.16. The molecule has 0 unspecified atom stereocenters. The fourth-order valence-corrected chi connectivity index (χ4v) is 3.78. The van der Waals surface area contributed by atoms with Crippen molar-refractivity contribution in [3.63, 3.8) is 0 Å². The number of aryl methyl sites for hydroxylation is 3. The van der Waals surface area contributed by atoms with Gasteiger partial charge in [-0.3, -0.25) is 4.79 Å². The van der Waals surface area contributed by atoms with E-state index in [0.29, 0.717) is 12.1 Å². The molecule has 1 N–H and O–H groups in total. The molecule has 0 fully saturated rings. The fourth-order valence-electron chi connectivity index (χ4n) is 3.78. The van der Waals surface area contributed by atoms with Crippen molar-refractivity contribution >= 4 is 23.2 Å². The summed E-state index contributed by atoms with van der Waals surface area (Å²) < 4.78 is 9.72. The standard InChI is InChI=1S/C23H25N5O2/c1-5-27-17(4)25-21-12-18(8-9-22(21)27)23(29)26-24-13-19-11-15(2)28(16(19)3)14-20-7-6-10-30-20/h6-13H,5,14H2,1-4H3,(H,26,29). The zero-order valence-corrected chi connectivity index (χ0v) is 17.6. The molecule has 7 nitrogen and oxygen atoms in total. The molecule has 7 heteroatoms. The molecule has 0 aliphatic rings. The van der Waals surface area contributed by atoms with Gasteiger partial charge in [0.1, 0.15) is 11.6 Å². The molecule has 30 heavy (non-hydrogen) atoms. The molecule has 0 spiro atoms. The molecular weight excluding hydrogens is 378 g/mol. The first-order chi connectivity index (χ1) is 14.5. The number of hydrogen-bond acceptors (Lipinski definition) is 4. The molecule has 1 aromatic carbocycles. The predicted octanol–water partition coefficient (Wildman–Crippen LogP) is 4.19. The van der Waals surface area contributed by atoms with Crippen molar-refractivity contribution in [3.8, 4) is 0 Å². The number of aromatic nitrogens is 3. The lowest BCUT2D eigenvalue weighted by Crippen LogP contribution is -2.17. The number of carbonyl (C=O) groups is 1. The van der Waals surface area contributed by atoms with Crippen LogP contribution in [0.4, 0.5) is 0 Å². The minimum Gasteiger partial charge on any atom is -0.467 e. The number of carbonyl (C=O) groups excluding carboxylic acids is 1. The van der Waals surface area contributed by atoms with Gasteiger partial charge in [-0.2, -0.15) is 5.10 Å². The third kappa shape index (κ3) is 3.66. The van der Waals surface area contributed by atoms with Crippen molar-refractivity contribution in [1.82, 2.24) is 19.5 Å². The summed E-state index contributed by atoms with van der Waals surface area (Å²) in [6.07, 6.45) is 3.35. The SMILES string of the molecule is CCn1c(C)nc2cc(C(=O)NN=Cc3cc(C)n(Cc4ccco4)c3C)ccc21. The Kier molecular flexibility index (Phi) is 5.27. The molecule has 154 valence electrons. The Morgan fingerprint density at radius 3 is 2.77 bits per heavy atom. The normalized spacial score (nSPS) is 11.6. The molecule has 0 radical (unpaired) electrons. The minimum absolute atomic E-state index is 0.263. The first-order valence-electron chi connectivity index (χ1n) is 9.97. The summed E-state index contributed by atoms with van der Waals surface area (Å²) in [7, 11) is 0. The van der Waals surface area contributed by atoms with Crippen LogP contribution in [-0.2, 0) is 13.1 Å². The number of hydrazone groups is 1. The smallest absolute Gasteiger partial charge is 0.271 e. The van der Waals surface area contributed by atoms with Gasteiger partial charge < -0.3 is 13.6 Å². The highest BCUT2D eigenvalue weighted by Crippen LogP contribution is 2.18. The van der Waals surface area contributed by atoms with Gasteiger partial charge in [-0.1, -0.05) is 0 Å². The van der Waals surface area contributed by atoms with Crippen molar-refractivity contribution in [1.29, 1.82) is 0 Å². The Balaban J connectivity index is 1.48. The Morgan fingerprint density at radius 1 is 1.20 bits per heavy atom. The molecule has 4 aromatic rings. The number of nitrogens with one attached hydrogen (secondary N) is 1. The van der Waals surface area contributed by atoms with Gasteiger partial charge in [0.2, 0.25) is 0 Å². The van der Waals surface area contributed by atoms with Gasteiger partial charge in [0, 0.05) is 29.1 Å². The average Bonchev–Trinajstić information content (AvgIpc) is 3.42. The van der Waals surface area contributed by atoms with Crippen molar-refractivity contribution in [2.45, 2.75) is 40.8 Å². The van der Waals surface area contributed by atoms with E-state index < -0.39 is 0 Å². The number of imidazole rings is 1. The van der Waals surface area contributed by atoms with Crippen LogP contribution >= 0.6 is 0 Å². The second-order valence-electron chi connectivity index (χ2n) is 7.30. The molecule has 0 saturated carbocycles. The largest absolute Gasteiger partial charge is 0.467 e. The highest BCUT2D eigenvalue weighted by molar-refractivity contribution is 5.98. The topological polar surface area (TPSA) is 77.4 Å². The maximum absolute atomic E-state index is 12.5. The number of hydrogen-bond donors (Lipinski definition) is 1. The summed E-state index contributed by atoms with van der Waals surface area (Å²) in [6, 6.07) is 11.4. The zero-order valence-electron chi connectivity index (χ0n) is 17.6. The average molecular weight is 403 g/mol. The molecule has 3 heterocycles. The van der Waals surface area contributed by atoms with Crippen LogP contribution in [0.25, 0.3) is 11.0 Å². The van der Waals surface area contributed by atoms with E-state index in [9.17, 15) is 4.79 Å². The lowest BCUT2D eigenvalue weighted by molar-refractivity contribution is 0.0955. The van der Waals surface area contributed by atoms with E-state index in [1.165, 1.54) is 0 Å². The Bertz CT molecular complexity index is 1230. The first kappa shape index (κ1) is 19.7. The number of amides is 1. The van der Waals surface area contributed by atoms with Crippen molar-refractivity contribution in [2.75, 3.05) is 0 Å². The number of fused-ring (bicyclic) bond motifs is 1. The van der Waals surface area contributed by atoms with Crippen LogP contribution in [0.5, 0.6) is 0 Å². The zero-order chi connectivity index (χ0) is 21.3. The quantitative estimate of drug-likeness (QED) is 0.387. The summed E-state index contributed by atoms with van der Waals surface area (Å²) >= 11 is 0. The minimum atomic E-state index is -0.263. The van der Waals surface area contributed by atoms with E-state index in [1.54, 1.807) is 24.6 Å². The van der Waals surface area contributed by atoms with Gasteiger partial charge in [-0.25, -0.2) is 10.4 Å². The Labute approximate surface area is 175 Å². The number of nitrogens with zero attached hydrogens (tertiary/aromatic N) is 4. The van der Waals surface area contributed by atoms with Gasteiger partial charge in [-0.05, 0) is 64.1 Å². The van der Waals surface area contributed by atoms with Gasteiger partial charge in [-0.15, -0.1) is 0 Å². The third-order valence-corrected chi connectivity index (χ3v) is 5.39. The first-order valence-corrected chi connectivity index (χ1v) is 9.97.